The molecule has 1 aromatic heterocycles. The molecule has 6 heteroatoms. The zero-order valence-electron chi connectivity index (χ0n) is 11.1. The molecule has 108 valence electrons. The van der Waals surface area contributed by atoms with E-state index in [1.54, 1.807) is 24.3 Å². The van der Waals surface area contributed by atoms with Crippen molar-refractivity contribution in [3.05, 3.63) is 56.2 Å². The summed E-state index contributed by atoms with van der Waals surface area (Å²) in [6.45, 7) is 0. The molecule has 4 nitrogen and oxygen atoms in total. The summed E-state index contributed by atoms with van der Waals surface area (Å²) in [6.07, 6.45) is 2.28. The monoisotopic (exact) mass is 364 g/mol. The summed E-state index contributed by atoms with van der Waals surface area (Å²) in [5.74, 6) is -0.0723. The molecular formula is C15H13BrN2O2S. The third-order valence-corrected chi connectivity index (χ3v) is 4.77. The predicted octanol–water partition coefficient (Wildman–Crippen LogP) is 3.46. The van der Waals surface area contributed by atoms with Crippen molar-refractivity contribution in [3.63, 3.8) is 0 Å². The van der Waals surface area contributed by atoms with E-state index in [-0.39, 0.29) is 11.8 Å². The molecule has 0 bridgehead atoms. The lowest BCUT2D eigenvalue weighted by molar-refractivity contribution is 0.0848. The maximum atomic E-state index is 12.1. The van der Waals surface area contributed by atoms with Gasteiger partial charge in [0.25, 0.3) is 11.8 Å². The van der Waals surface area contributed by atoms with Gasteiger partial charge in [-0.05, 0) is 60.0 Å². The SMILES string of the molecule is O=C(NNC(=O)c1sccc1C1CC1)c1ccc(Br)cc1. The lowest BCUT2D eigenvalue weighted by Crippen LogP contribution is -2.41. The number of hydrogen-bond acceptors (Lipinski definition) is 3. The standard InChI is InChI=1S/C15H13BrN2O2S/c16-11-5-3-10(4-6-11)14(19)17-18-15(20)13-12(7-8-21-13)9-1-2-9/h3-9H,1-2H2,(H,17,19)(H,18,20). The van der Waals surface area contributed by atoms with Crippen molar-refractivity contribution in [3.8, 4) is 0 Å². The predicted molar refractivity (Wildman–Crippen MR) is 85.4 cm³/mol. The van der Waals surface area contributed by atoms with Crippen molar-refractivity contribution in [2.45, 2.75) is 18.8 Å². The third kappa shape index (κ3) is 3.33. The van der Waals surface area contributed by atoms with Crippen LogP contribution in [-0.2, 0) is 0 Å². The normalized spacial score (nSPS) is 13.8. The highest BCUT2D eigenvalue weighted by molar-refractivity contribution is 9.10. The van der Waals surface area contributed by atoms with Crippen LogP contribution in [0.4, 0.5) is 0 Å². The van der Waals surface area contributed by atoms with E-state index in [0.29, 0.717) is 16.4 Å². The Morgan fingerprint density at radius 2 is 1.71 bits per heavy atom. The number of carbonyl (C=O) groups excluding carboxylic acids is 2. The van der Waals surface area contributed by atoms with Gasteiger partial charge in [0.05, 0.1) is 4.88 Å². The summed E-state index contributed by atoms with van der Waals surface area (Å²) in [6, 6.07) is 8.93. The molecular weight excluding hydrogens is 352 g/mol. The molecule has 0 atom stereocenters. The third-order valence-electron chi connectivity index (χ3n) is 3.32. The van der Waals surface area contributed by atoms with Gasteiger partial charge in [0.2, 0.25) is 0 Å². The second-order valence-electron chi connectivity index (χ2n) is 4.89. The average molecular weight is 365 g/mol. The van der Waals surface area contributed by atoms with Gasteiger partial charge in [0.15, 0.2) is 0 Å². The van der Waals surface area contributed by atoms with Crippen molar-refractivity contribution in [1.82, 2.24) is 10.9 Å². The smallest absolute Gasteiger partial charge is 0.267 e. The van der Waals surface area contributed by atoms with Crippen molar-refractivity contribution < 1.29 is 9.59 Å². The minimum absolute atomic E-state index is 0.252. The van der Waals surface area contributed by atoms with Crippen molar-refractivity contribution >= 4 is 39.1 Å². The number of halogens is 1. The second-order valence-corrected chi connectivity index (χ2v) is 6.73. The first-order chi connectivity index (χ1) is 10.1. The number of benzene rings is 1. The Labute approximate surface area is 134 Å². The summed E-state index contributed by atoms with van der Waals surface area (Å²) in [7, 11) is 0. The van der Waals surface area contributed by atoms with Gasteiger partial charge in [-0.25, -0.2) is 0 Å². The fourth-order valence-corrected chi connectivity index (χ4v) is 3.21. The number of thiophene rings is 1. The molecule has 2 aromatic rings. The first-order valence-corrected chi connectivity index (χ1v) is 8.26. The van der Waals surface area contributed by atoms with Crippen molar-refractivity contribution in [2.24, 2.45) is 0 Å². The molecule has 1 aromatic carbocycles. The highest BCUT2D eigenvalue weighted by atomic mass is 79.9. The Morgan fingerprint density at radius 3 is 2.38 bits per heavy atom. The second kappa shape index (κ2) is 5.99. The van der Waals surface area contributed by atoms with Crippen LogP contribution in [0.25, 0.3) is 0 Å². The lowest BCUT2D eigenvalue weighted by Gasteiger charge is -2.07. The Hall–Kier alpha value is -1.66. The largest absolute Gasteiger partial charge is 0.280 e. The van der Waals surface area contributed by atoms with Crippen LogP contribution in [-0.4, -0.2) is 11.8 Å². The molecule has 1 fully saturated rings. The van der Waals surface area contributed by atoms with Gasteiger partial charge in [-0.1, -0.05) is 15.9 Å². The highest BCUT2D eigenvalue weighted by Crippen LogP contribution is 2.43. The van der Waals surface area contributed by atoms with Gasteiger partial charge >= 0.3 is 0 Å². The fraction of sp³-hybridized carbons (Fsp3) is 0.200. The number of carbonyl (C=O) groups is 2. The van der Waals surface area contributed by atoms with E-state index in [2.05, 4.69) is 26.8 Å². The first-order valence-electron chi connectivity index (χ1n) is 6.59. The zero-order chi connectivity index (χ0) is 14.8. The van der Waals surface area contributed by atoms with Gasteiger partial charge < -0.3 is 0 Å². The van der Waals surface area contributed by atoms with Crippen LogP contribution in [0.1, 0.15) is 44.4 Å². The number of rotatable bonds is 3. The molecule has 1 aliphatic rings. The first kappa shape index (κ1) is 14.3. The van der Waals surface area contributed by atoms with Crippen LogP contribution in [0.2, 0.25) is 0 Å². The van der Waals surface area contributed by atoms with Crippen LogP contribution in [0.5, 0.6) is 0 Å². The molecule has 21 heavy (non-hydrogen) atoms. The quantitative estimate of drug-likeness (QED) is 0.819. The molecule has 0 unspecified atom stereocenters. The minimum Gasteiger partial charge on any atom is -0.267 e. The van der Waals surface area contributed by atoms with E-state index in [9.17, 15) is 9.59 Å². The van der Waals surface area contributed by atoms with Gasteiger partial charge in [-0.2, -0.15) is 0 Å². The summed E-state index contributed by atoms with van der Waals surface area (Å²) in [5, 5.41) is 1.92. The van der Waals surface area contributed by atoms with Gasteiger partial charge in [0.1, 0.15) is 0 Å². The molecule has 0 saturated heterocycles. The number of hydrogen-bond donors (Lipinski definition) is 2. The Balaban J connectivity index is 1.61. The van der Waals surface area contributed by atoms with E-state index >= 15 is 0 Å². The van der Waals surface area contributed by atoms with E-state index in [0.717, 1.165) is 22.9 Å². The molecule has 2 N–H and O–H groups in total. The molecule has 1 saturated carbocycles. The highest BCUT2D eigenvalue weighted by Gasteiger charge is 2.29. The lowest BCUT2D eigenvalue weighted by atomic mass is 10.1. The molecule has 0 spiro atoms. The van der Waals surface area contributed by atoms with Crippen LogP contribution in [0.15, 0.2) is 40.2 Å². The van der Waals surface area contributed by atoms with Crippen LogP contribution >= 0.6 is 27.3 Å². The minimum atomic E-state index is -0.333. The molecule has 2 amide bonds. The van der Waals surface area contributed by atoms with E-state index in [4.69, 9.17) is 0 Å². The van der Waals surface area contributed by atoms with Gasteiger partial charge in [-0.15, -0.1) is 11.3 Å². The fourth-order valence-electron chi connectivity index (χ4n) is 2.06. The number of hydrazine groups is 1. The Bertz CT molecular complexity index is 677. The molecule has 0 aliphatic heterocycles. The van der Waals surface area contributed by atoms with Crippen LogP contribution < -0.4 is 10.9 Å². The zero-order valence-corrected chi connectivity index (χ0v) is 13.5. The van der Waals surface area contributed by atoms with Gasteiger partial charge in [0, 0.05) is 10.0 Å². The Morgan fingerprint density at radius 1 is 1.05 bits per heavy atom. The van der Waals surface area contributed by atoms with Crippen molar-refractivity contribution in [2.75, 3.05) is 0 Å². The molecule has 3 rings (SSSR count). The van der Waals surface area contributed by atoms with E-state index in [1.165, 1.54) is 11.3 Å². The molecule has 1 aliphatic carbocycles. The summed E-state index contributed by atoms with van der Waals surface area (Å²) < 4.78 is 0.899. The van der Waals surface area contributed by atoms with Crippen LogP contribution in [0.3, 0.4) is 0 Å². The number of nitrogens with one attached hydrogen (secondary N) is 2. The summed E-state index contributed by atoms with van der Waals surface area (Å²) in [4.78, 5) is 24.7. The number of amides is 2. The van der Waals surface area contributed by atoms with Crippen LogP contribution in [0, 0.1) is 0 Å². The molecule has 0 radical (unpaired) electrons. The Kier molecular flexibility index (Phi) is 4.07. The van der Waals surface area contributed by atoms with Crippen molar-refractivity contribution in [1.29, 1.82) is 0 Å². The van der Waals surface area contributed by atoms with E-state index in [1.807, 2.05) is 11.4 Å². The summed E-state index contributed by atoms with van der Waals surface area (Å²) in [5.41, 5.74) is 6.51. The average Bonchev–Trinajstić information content (AvgIpc) is 3.22. The molecule has 1 heterocycles. The van der Waals surface area contributed by atoms with E-state index < -0.39 is 0 Å². The maximum absolute atomic E-state index is 12.1. The topological polar surface area (TPSA) is 58.2 Å². The van der Waals surface area contributed by atoms with Gasteiger partial charge in [-0.3, -0.25) is 20.4 Å². The summed E-state index contributed by atoms with van der Waals surface area (Å²) >= 11 is 4.72. The maximum Gasteiger partial charge on any atom is 0.280 e.